The van der Waals surface area contributed by atoms with E-state index in [1.165, 1.54) is 23.5 Å². The molecule has 34 heavy (non-hydrogen) atoms. The number of carbonyl (C=O) groups is 1. The third-order valence-electron chi connectivity index (χ3n) is 5.68. The molecule has 1 amide bonds. The summed E-state index contributed by atoms with van der Waals surface area (Å²) < 4.78 is 24.5. The Kier molecular flexibility index (Phi) is 7.03. The van der Waals surface area contributed by atoms with Gasteiger partial charge in [-0.15, -0.1) is 0 Å². The molecule has 1 N–H and O–H groups in total. The van der Waals surface area contributed by atoms with Crippen molar-refractivity contribution in [1.82, 2.24) is 0 Å². The van der Waals surface area contributed by atoms with Crippen LogP contribution in [0.15, 0.2) is 65.3 Å². The van der Waals surface area contributed by atoms with Crippen molar-refractivity contribution in [2.75, 3.05) is 21.7 Å². The molecule has 2 unspecified atom stereocenters. The molecule has 0 radical (unpaired) electrons. The number of rotatable bonds is 5. The van der Waals surface area contributed by atoms with Gasteiger partial charge in [0.05, 0.1) is 23.7 Å². The highest BCUT2D eigenvalue weighted by Gasteiger charge is 2.49. The van der Waals surface area contributed by atoms with Crippen LogP contribution in [0, 0.1) is 11.3 Å². The first-order valence-electron chi connectivity index (χ1n) is 10.7. The van der Waals surface area contributed by atoms with Crippen LogP contribution in [0.4, 0.5) is 11.4 Å². The number of nitrogens with zero attached hydrogens (tertiary/aromatic N) is 3. The van der Waals surface area contributed by atoms with Crippen LogP contribution in [0.3, 0.4) is 0 Å². The van der Waals surface area contributed by atoms with Crippen LogP contribution in [-0.2, 0) is 14.6 Å². The number of amides is 1. The molecule has 2 aromatic carbocycles. The van der Waals surface area contributed by atoms with Gasteiger partial charge >= 0.3 is 0 Å². The Morgan fingerprint density at radius 1 is 1.21 bits per heavy atom. The van der Waals surface area contributed by atoms with Crippen molar-refractivity contribution < 1.29 is 13.2 Å². The van der Waals surface area contributed by atoms with E-state index in [-0.39, 0.29) is 28.4 Å². The number of fused-ring (bicyclic) bond motifs is 1. The standard InChI is InChI=1S/C24H23ClN4O3S2/c1-15(2)16-3-9-20(10-4-16)29-21-13-34(31,32)14-22(21)33-24(29)27-12-17(11-26)23(30)28-19-7-5-18(25)6-8-19/h3-10,12,15,21-22H,13-14H2,1-2H3,(H,28,30). The largest absolute Gasteiger partial charge is 0.321 e. The Morgan fingerprint density at radius 3 is 2.50 bits per heavy atom. The van der Waals surface area contributed by atoms with Crippen molar-refractivity contribution >= 4 is 55.6 Å². The van der Waals surface area contributed by atoms with Crippen molar-refractivity contribution in [2.24, 2.45) is 4.99 Å². The fourth-order valence-corrected chi connectivity index (χ4v) is 7.90. The molecule has 2 fully saturated rings. The summed E-state index contributed by atoms with van der Waals surface area (Å²) in [5.74, 6) is -0.0993. The second-order valence-corrected chi connectivity index (χ2v) is 12.2. The van der Waals surface area contributed by atoms with E-state index in [1.54, 1.807) is 24.3 Å². The number of sulfone groups is 1. The molecule has 2 aliphatic rings. The molecule has 0 saturated carbocycles. The van der Waals surface area contributed by atoms with Gasteiger partial charge in [-0.1, -0.05) is 49.3 Å². The fraction of sp³-hybridized carbons (Fsp3) is 0.292. The molecule has 176 valence electrons. The molecule has 7 nitrogen and oxygen atoms in total. The van der Waals surface area contributed by atoms with Gasteiger partial charge < -0.3 is 10.2 Å². The summed E-state index contributed by atoms with van der Waals surface area (Å²) in [4.78, 5) is 18.9. The summed E-state index contributed by atoms with van der Waals surface area (Å²) in [6, 6.07) is 16.1. The normalized spacial score (nSPS) is 22.6. The predicted octanol–water partition coefficient (Wildman–Crippen LogP) is 4.58. The van der Waals surface area contributed by atoms with Gasteiger partial charge in [-0.3, -0.25) is 4.79 Å². The Morgan fingerprint density at radius 2 is 1.88 bits per heavy atom. The van der Waals surface area contributed by atoms with Gasteiger partial charge in [0.1, 0.15) is 11.6 Å². The van der Waals surface area contributed by atoms with Gasteiger partial charge in [-0.05, 0) is 47.9 Å². The van der Waals surface area contributed by atoms with Crippen LogP contribution >= 0.6 is 23.4 Å². The molecule has 2 saturated heterocycles. The minimum Gasteiger partial charge on any atom is -0.321 e. The molecule has 2 aromatic rings. The first-order chi connectivity index (χ1) is 16.2. The summed E-state index contributed by atoms with van der Waals surface area (Å²) in [6.07, 6.45) is 1.23. The first kappa shape index (κ1) is 24.3. The Labute approximate surface area is 208 Å². The highest BCUT2D eigenvalue weighted by Crippen LogP contribution is 2.41. The first-order valence-corrected chi connectivity index (χ1v) is 13.8. The fourth-order valence-electron chi connectivity index (χ4n) is 3.89. The number of aliphatic imine (C=N–C) groups is 1. The number of carbonyl (C=O) groups excluding carboxylic acids is 1. The monoisotopic (exact) mass is 514 g/mol. The maximum Gasteiger partial charge on any atom is 0.267 e. The van der Waals surface area contributed by atoms with E-state index in [4.69, 9.17) is 11.6 Å². The lowest BCUT2D eigenvalue weighted by molar-refractivity contribution is -0.112. The van der Waals surface area contributed by atoms with Crippen molar-refractivity contribution in [3.8, 4) is 6.07 Å². The quantitative estimate of drug-likeness (QED) is 0.462. The van der Waals surface area contributed by atoms with Gasteiger partial charge in [0.15, 0.2) is 15.0 Å². The van der Waals surface area contributed by atoms with Gasteiger partial charge in [0.25, 0.3) is 5.91 Å². The summed E-state index contributed by atoms with van der Waals surface area (Å²) in [5.41, 5.74) is 2.35. The predicted molar refractivity (Wildman–Crippen MR) is 138 cm³/mol. The number of nitrogens with one attached hydrogen (secondary N) is 1. The van der Waals surface area contributed by atoms with E-state index < -0.39 is 15.7 Å². The number of amidine groups is 1. The van der Waals surface area contributed by atoms with Crippen LogP contribution in [0.2, 0.25) is 5.02 Å². The highest BCUT2D eigenvalue weighted by molar-refractivity contribution is 8.16. The summed E-state index contributed by atoms with van der Waals surface area (Å²) in [5, 5.41) is 13.1. The second-order valence-electron chi connectivity index (χ2n) is 8.44. The SMILES string of the molecule is CC(C)c1ccc(N2C(=NC=C(C#N)C(=O)Nc3ccc(Cl)cc3)SC3CS(=O)(=O)CC32)cc1. The molecule has 2 heterocycles. The van der Waals surface area contributed by atoms with Gasteiger partial charge in [0, 0.05) is 21.6 Å². The van der Waals surface area contributed by atoms with Crippen molar-refractivity contribution in [3.05, 3.63) is 70.9 Å². The van der Waals surface area contributed by atoms with Crippen LogP contribution in [0.5, 0.6) is 0 Å². The maximum absolute atomic E-state index is 12.6. The zero-order valence-corrected chi connectivity index (χ0v) is 21.0. The Balaban J connectivity index is 1.62. The van der Waals surface area contributed by atoms with Gasteiger partial charge in [-0.2, -0.15) is 5.26 Å². The van der Waals surface area contributed by atoms with E-state index in [0.29, 0.717) is 21.8 Å². The van der Waals surface area contributed by atoms with E-state index in [0.717, 1.165) is 5.69 Å². The summed E-state index contributed by atoms with van der Waals surface area (Å²) >= 11 is 7.23. The highest BCUT2D eigenvalue weighted by atomic mass is 35.5. The van der Waals surface area contributed by atoms with E-state index >= 15 is 0 Å². The number of benzene rings is 2. The number of hydrogen-bond acceptors (Lipinski definition) is 6. The zero-order valence-electron chi connectivity index (χ0n) is 18.6. The summed E-state index contributed by atoms with van der Waals surface area (Å²) in [7, 11) is -3.14. The Hall–Kier alpha value is -2.80. The van der Waals surface area contributed by atoms with Crippen LogP contribution in [0.25, 0.3) is 0 Å². The second kappa shape index (κ2) is 9.82. The molecule has 2 atom stereocenters. The lowest BCUT2D eigenvalue weighted by Gasteiger charge is -2.25. The van der Waals surface area contributed by atoms with Crippen LogP contribution in [0.1, 0.15) is 25.3 Å². The summed E-state index contributed by atoms with van der Waals surface area (Å²) in [6.45, 7) is 4.22. The smallest absolute Gasteiger partial charge is 0.267 e. The van der Waals surface area contributed by atoms with Crippen molar-refractivity contribution in [2.45, 2.75) is 31.1 Å². The number of anilines is 2. The molecule has 0 bridgehead atoms. The van der Waals surface area contributed by atoms with Gasteiger partial charge in [0.2, 0.25) is 0 Å². The molecule has 0 spiro atoms. The average molecular weight is 515 g/mol. The number of halogens is 1. The molecule has 4 rings (SSSR count). The zero-order chi connectivity index (χ0) is 24.5. The lowest BCUT2D eigenvalue weighted by atomic mass is 10.0. The van der Waals surface area contributed by atoms with E-state index in [1.807, 2.05) is 35.2 Å². The lowest BCUT2D eigenvalue weighted by Crippen LogP contribution is -2.37. The molecule has 0 aliphatic carbocycles. The number of thioether (sulfide) groups is 1. The number of hydrogen-bond donors (Lipinski definition) is 1. The third kappa shape index (κ3) is 5.30. The van der Waals surface area contributed by atoms with Crippen LogP contribution < -0.4 is 10.2 Å². The Bertz CT molecular complexity index is 1300. The average Bonchev–Trinajstić information content (AvgIpc) is 3.26. The maximum atomic E-state index is 12.6. The van der Waals surface area contributed by atoms with E-state index in [9.17, 15) is 18.5 Å². The molecular weight excluding hydrogens is 492 g/mol. The molecule has 0 aromatic heterocycles. The molecule has 2 aliphatic heterocycles. The minimum absolute atomic E-state index is 0.0431. The third-order valence-corrected chi connectivity index (χ3v) is 9.15. The number of nitriles is 1. The van der Waals surface area contributed by atoms with Crippen LogP contribution in [-0.4, -0.2) is 42.3 Å². The minimum atomic E-state index is -3.14. The van der Waals surface area contributed by atoms with E-state index in [2.05, 4.69) is 24.2 Å². The van der Waals surface area contributed by atoms with Gasteiger partial charge in [-0.25, -0.2) is 13.4 Å². The van der Waals surface area contributed by atoms with Crippen molar-refractivity contribution in [3.63, 3.8) is 0 Å². The topological polar surface area (TPSA) is 103 Å². The molecule has 10 heteroatoms. The molecular formula is C24H23ClN4O3S2. The van der Waals surface area contributed by atoms with Crippen molar-refractivity contribution in [1.29, 1.82) is 5.26 Å².